The first-order valence-electron chi connectivity index (χ1n) is 5.52. The zero-order chi connectivity index (χ0) is 10.7. The molecule has 0 radical (unpaired) electrons. The normalized spacial score (nSPS) is 19.1. The monoisotopic (exact) mass is 206 g/mol. The van der Waals surface area contributed by atoms with E-state index in [2.05, 4.69) is 4.98 Å². The third-order valence-electron chi connectivity index (χ3n) is 2.99. The second kappa shape index (κ2) is 4.19. The van der Waals surface area contributed by atoms with Gasteiger partial charge in [-0.15, -0.1) is 0 Å². The molecule has 1 fully saturated rings. The molecule has 1 heterocycles. The van der Waals surface area contributed by atoms with Gasteiger partial charge >= 0.3 is 0 Å². The van der Waals surface area contributed by atoms with E-state index in [9.17, 15) is 0 Å². The lowest BCUT2D eigenvalue weighted by atomic mass is 10.0. The van der Waals surface area contributed by atoms with Crippen LogP contribution >= 0.6 is 0 Å². The van der Waals surface area contributed by atoms with Gasteiger partial charge in [-0.2, -0.15) is 0 Å². The Labute approximate surface area is 90.7 Å². The summed E-state index contributed by atoms with van der Waals surface area (Å²) < 4.78 is 5.71. The van der Waals surface area contributed by atoms with Gasteiger partial charge in [0.1, 0.15) is 12.4 Å². The van der Waals surface area contributed by atoms with Crippen molar-refractivity contribution >= 4 is 0 Å². The molecule has 1 saturated carbocycles. The number of nitrogens with zero attached hydrogens (tertiary/aromatic N) is 1. The van der Waals surface area contributed by atoms with E-state index in [0.717, 1.165) is 24.3 Å². The predicted molar refractivity (Wildman–Crippen MR) is 59.9 cm³/mol. The Balaban J connectivity index is 1.92. The number of pyridine rings is 1. The van der Waals surface area contributed by atoms with Crippen LogP contribution in [0.2, 0.25) is 0 Å². The predicted octanol–water partition coefficient (Wildman–Crippen LogP) is 2.04. The van der Waals surface area contributed by atoms with Gasteiger partial charge in [-0.1, -0.05) is 12.8 Å². The van der Waals surface area contributed by atoms with Gasteiger partial charge in [0.05, 0.1) is 5.54 Å². The van der Waals surface area contributed by atoms with Crippen LogP contribution in [0.5, 0.6) is 5.75 Å². The molecule has 0 aliphatic heterocycles. The lowest BCUT2D eigenvalue weighted by molar-refractivity contribution is 0.220. The lowest BCUT2D eigenvalue weighted by Crippen LogP contribution is -2.42. The molecule has 3 nitrogen and oxygen atoms in total. The standard InChI is InChI=1S/C12H18N2O/c1-10-8-11(4-7-14-10)15-9-12(13)5-2-3-6-12/h4,7-8H,2-3,5-6,9,13H2,1H3. The fourth-order valence-electron chi connectivity index (χ4n) is 2.06. The molecule has 2 rings (SSSR count). The van der Waals surface area contributed by atoms with Gasteiger partial charge in [-0.25, -0.2) is 0 Å². The van der Waals surface area contributed by atoms with E-state index in [-0.39, 0.29) is 5.54 Å². The summed E-state index contributed by atoms with van der Waals surface area (Å²) in [5.41, 5.74) is 7.08. The van der Waals surface area contributed by atoms with Crippen LogP contribution in [0.1, 0.15) is 31.4 Å². The number of aryl methyl sites for hydroxylation is 1. The molecule has 0 aromatic carbocycles. The van der Waals surface area contributed by atoms with Crippen molar-refractivity contribution in [3.8, 4) is 5.75 Å². The van der Waals surface area contributed by atoms with Crippen LogP contribution in [0.4, 0.5) is 0 Å². The van der Waals surface area contributed by atoms with Crippen LogP contribution in [0.15, 0.2) is 18.3 Å². The van der Waals surface area contributed by atoms with Crippen LogP contribution < -0.4 is 10.5 Å². The highest BCUT2D eigenvalue weighted by molar-refractivity contribution is 5.22. The summed E-state index contributed by atoms with van der Waals surface area (Å²) in [6.07, 6.45) is 6.39. The van der Waals surface area contributed by atoms with Gasteiger partial charge in [0.25, 0.3) is 0 Å². The van der Waals surface area contributed by atoms with Gasteiger partial charge < -0.3 is 10.5 Å². The molecular formula is C12H18N2O. The van der Waals surface area contributed by atoms with Gasteiger partial charge in [0, 0.05) is 18.0 Å². The van der Waals surface area contributed by atoms with Crippen molar-refractivity contribution in [1.29, 1.82) is 0 Å². The second-order valence-electron chi connectivity index (χ2n) is 4.49. The van der Waals surface area contributed by atoms with Crippen molar-refractivity contribution in [2.45, 2.75) is 38.1 Å². The van der Waals surface area contributed by atoms with Crippen LogP contribution in [0, 0.1) is 6.92 Å². The van der Waals surface area contributed by atoms with Crippen molar-refractivity contribution in [2.75, 3.05) is 6.61 Å². The van der Waals surface area contributed by atoms with Crippen molar-refractivity contribution in [2.24, 2.45) is 5.73 Å². The third kappa shape index (κ3) is 2.69. The van der Waals surface area contributed by atoms with Crippen LogP contribution in [0.25, 0.3) is 0 Å². The summed E-state index contributed by atoms with van der Waals surface area (Å²) in [5.74, 6) is 0.874. The molecule has 82 valence electrons. The van der Waals surface area contributed by atoms with Crippen LogP contribution in [-0.4, -0.2) is 17.1 Å². The molecule has 1 aliphatic rings. The Morgan fingerprint density at radius 2 is 2.20 bits per heavy atom. The molecule has 0 unspecified atom stereocenters. The van der Waals surface area contributed by atoms with Crippen molar-refractivity contribution in [3.63, 3.8) is 0 Å². The highest BCUT2D eigenvalue weighted by Gasteiger charge is 2.29. The summed E-state index contributed by atoms with van der Waals surface area (Å²) >= 11 is 0. The quantitative estimate of drug-likeness (QED) is 0.823. The van der Waals surface area contributed by atoms with E-state index in [4.69, 9.17) is 10.5 Å². The van der Waals surface area contributed by atoms with E-state index < -0.39 is 0 Å². The van der Waals surface area contributed by atoms with Crippen molar-refractivity contribution < 1.29 is 4.74 Å². The maximum absolute atomic E-state index is 6.20. The third-order valence-corrected chi connectivity index (χ3v) is 2.99. The highest BCUT2D eigenvalue weighted by atomic mass is 16.5. The van der Waals surface area contributed by atoms with Crippen LogP contribution in [-0.2, 0) is 0 Å². The van der Waals surface area contributed by atoms with Crippen molar-refractivity contribution in [1.82, 2.24) is 4.98 Å². The molecule has 0 atom stereocenters. The average Bonchev–Trinajstić information content (AvgIpc) is 2.63. The first-order valence-corrected chi connectivity index (χ1v) is 5.52. The first kappa shape index (κ1) is 10.4. The largest absolute Gasteiger partial charge is 0.492 e. The fourth-order valence-corrected chi connectivity index (χ4v) is 2.06. The molecule has 1 aromatic rings. The van der Waals surface area contributed by atoms with Gasteiger partial charge in [-0.05, 0) is 25.8 Å². The number of hydrogen-bond donors (Lipinski definition) is 1. The molecule has 0 amide bonds. The van der Waals surface area contributed by atoms with E-state index in [1.54, 1.807) is 6.20 Å². The first-order chi connectivity index (χ1) is 7.18. The Kier molecular flexibility index (Phi) is 2.91. The van der Waals surface area contributed by atoms with Gasteiger partial charge in [0.15, 0.2) is 0 Å². The fraction of sp³-hybridized carbons (Fsp3) is 0.583. The minimum Gasteiger partial charge on any atom is -0.492 e. The van der Waals surface area contributed by atoms with E-state index in [1.807, 2.05) is 19.1 Å². The average molecular weight is 206 g/mol. The maximum Gasteiger partial charge on any atom is 0.122 e. The second-order valence-corrected chi connectivity index (χ2v) is 4.49. The minimum absolute atomic E-state index is 0.100. The summed E-state index contributed by atoms with van der Waals surface area (Å²) in [4.78, 5) is 4.13. The highest BCUT2D eigenvalue weighted by Crippen LogP contribution is 2.27. The summed E-state index contributed by atoms with van der Waals surface area (Å²) in [5, 5.41) is 0. The molecule has 0 spiro atoms. The number of aromatic nitrogens is 1. The summed E-state index contributed by atoms with van der Waals surface area (Å²) in [6.45, 7) is 2.58. The smallest absolute Gasteiger partial charge is 0.122 e. The number of hydrogen-bond acceptors (Lipinski definition) is 3. The Morgan fingerprint density at radius 1 is 1.47 bits per heavy atom. The Bertz CT molecular complexity index is 332. The topological polar surface area (TPSA) is 48.1 Å². The molecule has 1 aromatic heterocycles. The molecule has 15 heavy (non-hydrogen) atoms. The summed E-state index contributed by atoms with van der Waals surface area (Å²) in [6, 6.07) is 3.82. The van der Waals surface area contributed by atoms with Crippen LogP contribution in [0.3, 0.4) is 0 Å². The Hall–Kier alpha value is -1.09. The Morgan fingerprint density at radius 3 is 2.87 bits per heavy atom. The number of rotatable bonds is 3. The number of nitrogens with two attached hydrogens (primary N) is 1. The van der Waals surface area contributed by atoms with Crippen molar-refractivity contribution in [3.05, 3.63) is 24.0 Å². The lowest BCUT2D eigenvalue weighted by Gasteiger charge is -2.23. The molecule has 0 saturated heterocycles. The minimum atomic E-state index is -0.100. The zero-order valence-electron chi connectivity index (χ0n) is 9.20. The molecule has 1 aliphatic carbocycles. The van der Waals surface area contributed by atoms with E-state index in [1.165, 1.54) is 12.8 Å². The van der Waals surface area contributed by atoms with Gasteiger partial charge in [-0.3, -0.25) is 4.98 Å². The number of ether oxygens (including phenoxy) is 1. The maximum atomic E-state index is 6.20. The summed E-state index contributed by atoms with van der Waals surface area (Å²) in [7, 11) is 0. The molecule has 2 N–H and O–H groups in total. The SMILES string of the molecule is Cc1cc(OCC2(N)CCCC2)ccn1. The molecule has 0 bridgehead atoms. The van der Waals surface area contributed by atoms with E-state index >= 15 is 0 Å². The zero-order valence-corrected chi connectivity index (χ0v) is 9.20. The molecule has 3 heteroatoms. The molecular weight excluding hydrogens is 188 g/mol. The van der Waals surface area contributed by atoms with Gasteiger partial charge in [0.2, 0.25) is 0 Å². The van der Waals surface area contributed by atoms with E-state index in [0.29, 0.717) is 6.61 Å².